The Morgan fingerprint density at radius 2 is 1.75 bits per heavy atom. The maximum atomic E-state index is 12.7. The predicted molar refractivity (Wildman–Crippen MR) is 110 cm³/mol. The highest BCUT2D eigenvalue weighted by molar-refractivity contribution is 6.37. The predicted octanol–water partition coefficient (Wildman–Crippen LogP) is 5.36. The number of halogens is 2. The highest BCUT2D eigenvalue weighted by Gasteiger charge is 2.22. The molecule has 7 heteroatoms. The molecule has 3 rings (SSSR count). The minimum Gasteiger partial charge on any atom is -0.454 e. The van der Waals surface area contributed by atoms with E-state index in [1.54, 1.807) is 38.5 Å². The Balaban J connectivity index is 1.86. The fraction of sp³-hybridized carbons (Fsp3) is 0.381. The minimum atomic E-state index is -0.130. The number of carbonyl (C=O) groups is 1. The lowest BCUT2D eigenvalue weighted by Crippen LogP contribution is -2.39. The number of amides is 1. The lowest BCUT2D eigenvalue weighted by atomic mass is 9.92. The van der Waals surface area contributed by atoms with Crippen molar-refractivity contribution in [2.75, 3.05) is 14.2 Å². The first kappa shape index (κ1) is 20.9. The van der Waals surface area contributed by atoms with Gasteiger partial charge in [-0.2, -0.15) is 0 Å². The molecule has 0 bridgehead atoms. The Hall–Kier alpha value is -1.79. The van der Waals surface area contributed by atoms with E-state index in [-0.39, 0.29) is 11.9 Å². The van der Waals surface area contributed by atoms with Gasteiger partial charge in [-0.15, -0.1) is 0 Å². The lowest BCUT2D eigenvalue weighted by Gasteiger charge is -2.26. The van der Waals surface area contributed by atoms with Crippen molar-refractivity contribution < 1.29 is 19.0 Å². The second kappa shape index (κ2) is 9.61. The number of methoxy groups -OCH3 is 2. The maximum absolute atomic E-state index is 12.7. The van der Waals surface area contributed by atoms with E-state index >= 15 is 0 Å². The SMILES string of the molecule is COCc1cc(Cl)c(Oc2ccc(COC)c(C(=O)NC3CCC3)c2)c(Cl)c1. The number of rotatable bonds is 8. The average Bonchev–Trinajstić information content (AvgIpc) is 2.62. The van der Waals surface area contributed by atoms with Gasteiger partial charge < -0.3 is 19.5 Å². The summed E-state index contributed by atoms with van der Waals surface area (Å²) in [5, 5.41) is 3.80. The fourth-order valence-corrected chi connectivity index (χ4v) is 3.61. The number of hydrogen-bond donors (Lipinski definition) is 1. The first-order chi connectivity index (χ1) is 13.5. The molecule has 1 aliphatic rings. The number of hydrogen-bond acceptors (Lipinski definition) is 4. The Morgan fingerprint density at radius 1 is 1.07 bits per heavy atom. The zero-order chi connectivity index (χ0) is 20.1. The Labute approximate surface area is 174 Å². The van der Waals surface area contributed by atoms with Crippen molar-refractivity contribution in [3.63, 3.8) is 0 Å². The van der Waals surface area contributed by atoms with Crippen LogP contribution in [0.5, 0.6) is 11.5 Å². The molecule has 0 aromatic heterocycles. The molecule has 28 heavy (non-hydrogen) atoms. The summed E-state index contributed by atoms with van der Waals surface area (Å²) >= 11 is 12.7. The molecule has 0 heterocycles. The monoisotopic (exact) mass is 423 g/mol. The van der Waals surface area contributed by atoms with E-state index in [0.29, 0.717) is 40.3 Å². The first-order valence-corrected chi connectivity index (χ1v) is 9.85. The van der Waals surface area contributed by atoms with Gasteiger partial charge in [0.25, 0.3) is 5.91 Å². The second-order valence-electron chi connectivity index (χ2n) is 6.78. The molecule has 1 fully saturated rings. The highest BCUT2D eigenvalue weighted by atomic mass is 35.5. The van der Waals surface area contributed by atoms with Gasteiger partial charge in [0.05, 0.1) is 23.3 Å². The summed E-state index contributed by atoms with van der Waals surface area (Å²) in [6.45, 7) is 0.734. The molecule has 0 spiro atoms. The zero-order valence-corrected chi connectivity index (χ0v) is 17.4. The molecular weight excluding hydrogens is 401 g/mol. The molecule has 0 unspecified atom stereocenters. The number of ether oxygens (including phenoxy) is 3. The number of carbonyl (C=O) groups excluding carboxylic acids is 1. The molecule has 1 amide bonds. The summed E-state index contributed by atoms with van der Waals surface area (Å²) in [4.78, 5) is 12.7. The van der Waals surface area contributed by atoms with Crippen LogP contribution < -0.4 is 10.1 Å². The van der Waals surface area contributed by atoms with Gasteiger partial charge in [0, 0.05) is 25.8 Å². The van der Waals surface area contributed by atoms with E-state index in [0.717, 1.165) is 30.4 Å². The molecule has 0 aliphatic heterocycles. The third kappa shape index (κ3) is 4.97. The average molecular weight is 424 g/mol. The lowest BCUT2D eigenvalue weighted by molar-refractivity contribution is 0.0911. The van der Waals surface area contributed by atoms with Crippen molar-refractivity contribution in [1.82, 2.24) is 5.32 Å². The second-order valence-corrected chi connectivity index (χ2v) is 7.59. The number of benzene rings is 2. The van der Waals surface area contributed by atoms with Crippen LogP contribution in [0.25, 0.3) is 0 Å². The van der Waals surface area contributed by atoms with Crippen molar-refractivity contribution >= 4 is 29.1 Å². The van der Waals surface area contributed by atoms with Gasteiger partial charge in [0.15, 0.2) is 5.75 Å². The summed E-state index contributed by atoms with van der Waals surface area (Å²) in [5.74, 6) is 0.685. The van der Waals surface area contributed by atoms with Gasteiger partial charge in [-0.1, -0.05) is 29.3 Å². The van der Waals surface area contributed by atoms with Gasteiger partial charge in [-0.05, 0) is 54.7 Å². The van der Waals surface area contributed by atoms with Gasteiger partial charge in [0.2, 0.25) is 0 Å². The van der Waals surface area contributed by atoms with Crippen LogP contribution in [0.2, 0.25) is 10.0 Å². The highest BCUT2D eigenvalue weighted by Crippen LogP contribution is 2.38. The smallest absolute Gasteiger partial charge is 0.252 e. The van der Waals surface area contributed by atoms with Gasteiger partial charge in [-0.25, -0.2) is 0 Å². The first-order valence-electron chi connectivity index (χ1n) is 9.09. The van der Waals surface area contributed by atoms with Crippen LogP contribution in [0.15, 0.2) is 30.3 Å². The summed E-state index contributed by atoms with van der Waals surface area (Å²) < 4.78 is 16.2. The van der Waals surface area contributed by atoms with E-state index in [9.17, 15) is 4.79 Å². The van der Waals surface area contributed by atoms with Crippen LogP contribution in [0.3, 0.4) is 0 Å². The molecule has 2 aromatic rings. The number of nitrogens with one attached hydrogen (secondary N) is 1. The summed E-state index contributed by atoms with van der Waals surface area (Å²) in [6, 6.07) is 9.01. The molecule has 0 atom stereocenters. The zero-order valence-electron chi connectivity index (χ0n) is 15.9. The molecule has 1 saturated carbocycles. The Morgan fingerprint density at radius 3 is 2.32 bits per heavy atom. The molecule has 0 saturated heterocycles. The van der Waals surface area contributed by atoms with E-state index < -0.39 is 0 Å². The van der Waals surface area contributed by atoms with Gasteiger partial charge in [-0.3, -0.25) is 4.79 Å². The van der Waals surface area contributed by atoms with Crippen LogP contribution in [0.1, 0.15) is 40.7 Å². The summed E-state index contributed by atoms with van der Waals surface area (Å²) in [5.41, 5.74) is 2.16. The summed E-state index contributed by atoms with van der Waals surface area (Å²) in [6.07, 6.45) is 3.18. The van der Waals surface area contributed by atoms with Crippen LogP contribution in [0.4, 0.5) is 0 Å². The molecule has 150 valence electrons. The molecule has 0 radical (unpaired) electrons. The van der Waals surface area contributed by atoms with E-state index in [2.05, 4.69) is 5.32 Å². The fourth-order valence-electron chi connectivity index (χ4n) is 3.01. The molecule has 2 aromatic carbocycles. The topological polar surface area (TPSA) is 56.8 Å². The van der Waals surface area contributed by atoms with Crippen molar-refractivity contribution in [1.29, 1.82) is 0 Å². The third-order valence-corrected chi connectivity index (χ3v) is 5.22. The molecular formula is C21H23Cl2NO4. The standard InChI is InChI=1S/C21H23Cl2NO4/c1-26-11-13-8-18(22)20(19(23)9-13)28-16-7-6-14(12-27-2)17(10-16)21(25)24-15-4-3-5-15/h6-10,15H,3-5,11-12H2,1-2H3,(H,24,25). The van der Waals surface area contributed by atoms with Crippen LogP contribution in [-0.4, -0.2) is 26.2 Å². The van der Waals surface area contributed by atoms with E-state index in [1.165, 1.54) is 0 Å². The van der Waals surface area contributed by atoms with Crippen LogP contribution in [-0.2, 0) is 22.7 Å². The Kier molecular flexibility index (Phi) is 7.18. The minimum absolute atomic E-state index is 0.130. The third-order valence-electron chi connectivity index (χ3n) is 4.66. The van der Waals surface area contributed by atoms with Crippen molar-refractivity contribution in [3.05, 3.63) is 57.1 Å². The largest absolute Gasteiger partial charge is 0.454 e. The molecule has 1 aliphatic carbocycles. The van der Waals surface area contributed by atoms with Crippen LogP contribution in [0, 0.1) is 0 Å². The van der Waals surface area contributed by atoms with Gasteiger partial charge >= 0.3 is 0 Å². The molecule has 5 nitrogen and oxygen atoms in total. The van der Waals surface area contributed by atoms with Crippen LogP contribution >= 0.6 is 23.2 Å². The normalized spacial score (nSPS) is 13.9. The van der Waals surface area contributed by atoms with Crippen molar-refractivity contribution in [3.8, 4) is 11.5 Å². The maximum Gasteiger partial charge on any atom is 0.252 e. The van der Waals surface area contributed by atoms with E-state index in [4.69, 9.17) is 37.4 Å². The van der Waals surface area contributed by atoms with Gasteiger partial charge in [0.1, 0.15) is 5.75 Å². The summed E-state index contributed by atoms with van der Waals surface area (Å²) in [7, 11) is 3.20. The molecule has 1 N–H and O–H groups in total. The Bertz CT molecular complexity index is 829. The quantitative estimate of drug-likeness (QED) is 0.620. The van der Waals surface area contributed by atoms with E-state index in [1.807, 2.05) is 6.07 Å². The van der Waals surface area contributed by atoms with Crippen molar-refractivity contribution in [2.45, 2.75) is 38.5 Å². The van der Waals surface area contributed by atoms with Crippen molar-refractivity contribution in [2.24, 2.45) is 0 Å².